The lowest BCUT2D eigenvalue weighted by atomic mass is 9.94. The Morgan fingerprint density at radius 1 is 0.405 bits per heavy atom. The fourth-order valence-electron chi connectivity index (χ4n) is 6.07. The van der Waals surface area contributed by atoms with E-state index in [0.717, 1.165) is 11.4 Å². The van der Waals surface area contributed by atoms with Crippen LogP contribution in [0.25, 0.3) is 53.2 Å². The van der Waals surface area contributed by atoms with Crippen LogP contribution in [0, 0.1) is 0 Å². The second-order valence-electron chi connectivity index (χ2n) is 10.6. The van der Waals surface area contributed by atoms with Gasteiger partial charge in [-0.3, -0.25) is 0 Å². The zero-order valence-electron chi connectivity index (χ0n) is 22.9. The van der Waals surface area contributed by atoms with E-state index in [-0.39, 0.29) is 0 Å². The summed E-state index contributed by atoms with van der Waals surface area (Å²) in [5.74, 6) is 0. The molecule has 1 aromatic heterocycles. The highest BCUT2D eigenvalue weighted by molar-refractivity contribution is 7.26. The number of rotatable bonds is 5. The standard InChI is InChI=1S/C40H27NS/c1-3-11-28(12-4-1)30-21-23-34(24-22-30)41(33-15-5-2-6-16-33)36-25-26-38-40(35-17-9-10-18-37(35)42-38)39(36)32-20-19-29-13-7-8-14-31(29)27-32/h1-27H. The molecule has 0 saturated heterocycles. The van der Waals surface area contributed by atoms with Crippen LogP contribution >= 0.6 is 11.3 Å². The number of thiophene rings is 1. The highest BCUT2D eigenvalue weighted by Crippen LogP contribution is 2.48. The van der Waals surface area contributed by atoms with Crippen LogP contribution < -0.4 is 4.90 Å². The first-order valence-corrected chi connectivity index (χ1v) is 15.1. The lowest BCUT2D eigenvalue weighted by Gasteiger charge is -2.28. The number of anilines is 3. The molecule has 0 unspecified atom stereocenters. The van der Waals surface area contributed by atoms with E-state index in [1.54, 1.807) is 0 Å². The average Bonchev–Trinajstić information content (AvgIpc) is 3.45. The molecule has 0 radical (unpaired) electrons. The molecule has 0 aliphatic rings. The highest BCUT2D eigenvalue weighted by atomic mass is 32.1. The van der Waals surface area contributed by atoms with E-state index in [9.17, 15) is 0 Å². The third kappa shape index (κ3) is 4.25. The summed E-state index contributed by atoms with van der Waals surface area (Å²) in [4.78, 5) is 2.41. The topological polar surface area (TPSA) is 3.24 Å². The van der Waals surface area contributed by atoms with Crippen LogP contribution in [0.4, 0.5) is 17.1 Å². The molecular formula is C40H27NS. The number of fused-ring (bicyclic) bond motifs is 4. The fraction of sp³-hybridized carbons (Fsp3) is 0. The van der Waals surface area contributed by atoms with Gasteiger partial charge in [0.2, 0.25) is 0 Å². The Labute approximate surface area is 249 Å². The van der Waals surface area contributed by atoms with Crippen molar-refractivity contribution in [2.24, 2.45) is 0 Å². The van der Waals surface area contributed by atoms with Crippen molar-refractivity contribution >= 4 is 59.3 Å². The van der Waals surface area contributed by atoms with Crippen molar-refractivity contribution in [1.29, 1.82) is 0 Å². The summed E-state index contributed by atoms with van der Waals surface area (Å²) in [5, 5.41) is 5.11. The molecule has 0 bridgehead atoms. The first-order valence-electron chi connectivity index (χ1n) is 14.3. The van der Waals surface area contributed by atoms with E-state index in [2.05, 4.69) is 169 Å². The Hall–Kier alpha value is -5.18. The van der Waals surface area contributed by atoms with Gasteiger partial charge in [0.1, 0.15) is 0 Å². The van der Waals surface area contributed by atoms with Gasteiger partial charge in [-0.1, -0.05) is 115 Å². The molecular weight excluding hydrogens is 527 g/mol. The number of hydrogen-bond donors (Lipinski definition) is 0. The van der Waals surface area contributed by atoms with Crippen LogP contribution in [-0.4, -0.2) is 0 Å². The Bertz CT molecular complexity index is 2180. The Kier molecular flexibility index (Phi) is 6.05. The second kappa shape index (κ2) is 10.3. The summed E-state index contributed by atoms with van der Waals surface area (Å²) < 4.78 is 2.61. The molecule has 0 amide bonds. The van der Waals surface area contributed by atoms with Crippen LogP contribution in [0.1, 0.15) is 0 Å². The van der Waals surface area contributed by atoms with Crippen LogP contribution in [0.2, 0.25) is 0 Å². The molecule has 0 saturated carbocycles. The second-order valence-corrected chi connectivity index (χ2v) is 11.7. The van der Waals surface area contributed by atoms with Crippen molar-refractivity contribution in [2.45, 2.75) is 0 Å². The van der Waals surface area contributed by atoms with Gasteiger partial charge >= 0.3 is 0 Å². The predicted octanol–water partition coefficient (Wildman–Crippen LogP) is 12.0. The summed E-state index contributed by atoms with van der Waals surface area (Å²) >= 11 is 1.87. The number of hydrogen-bond acceptors (Lipinski definition) is 2. The molecule has 2 heteroatoms. The van der Waals surface area contributed by atoms with Gasteiger partial charge in [0.05, 0.1) is 5.69 Å². The fourth-order valence-corrected chi connectivity index (χ4v) is 7.18. The van der Waals surface area contributed by atoms with Gasteiger partial charge in [0.25, 0.3) is 0 Å². The van der Waals surface area contributed by atoms with Gasteiger partial charge in [-0.2, -0.15) is 0 Å². The van der Waals surface area contributed by atoms with E-state index in [0.29, 0.717) is 0 Å². The Morgan fingerprint density at radius 2 is 1.02 bits per heavy atom. The van der Waals surface area contributed by atoms with Crippen LogP contribution in [0.15, 0.2) is 164 Å². The van der Waals surface area contributed by atoms with Gasteiger partial charge < -0.3 is 4.90 Å². The first kappa shape index (κ1) is 24.6. The zero-order chi connectivity index (χ0) is 27.9. The summed E-state index contributed by atoms with van der Waals surface area (Å²) in [5.41, 5.74) is 8.33. The van der Waals surface area contributed by atoms with E-state index < -0.39 is 0 Å². The zero-order valence-corrected chi connectivity index (χ0v) is 23.8. The lowest BCUT2D eigenvalue weighted by molar-refractivity contribution is 1.29. The lowest BCUT2D eigenvalue weighted by Crippen LogP contribution is -2.11. The number of benzene rings is 7. The summed E-state index contributed by atoms with van der Waals surface area (Å²) in [6.45, 7) is 0. The Morgan fingerprint density at radius 3 is 1.83 bits per heavy atom. The quantitative estimate of drug-likeness (QED) is 0.205. The molecule has 1 heterocycles. The molecule has 0 aliphatic heterocycles. The maximum atomic E-state index is 2.41. The number of para-hydroxylation sites is 1. The average molecular weight is 554 g/mol. The molecule has 42 heavy (non-hydrogen) atoms. The van der Waals surface area contributed by atoms with Crippen LogP contribution in [-0.2, 0) is 0 Å². The first-order chi connectivity index (χ1) is 20.8. The third-order valence-electron chi connectivity index (χ3n) is 8.05. The minimum absolute atomic E-state index is 1.13. The van der Waals surface area contributed by atoms with Gasteiger partial charge in [0, 0.05) is 37.1 Å². The van der Waals surface area contributed by atoms with Crippen molar-refractivity contribution in [3.63, 3.8) is 0 Å². The third-order valence-corrected chi connectivity index (χ3v) is 9.18. The van der Waals surface area contributed by atoms with Crippen molar-refractivity contribution in [3.05, 3.63) is 164 Å². The van der Waals surface area contributed by atoms with Gasteiger partial charge in [-0.05, 0) is 76.0 Å². The van der Waals surface area contributed by atoms with Crippen molar-refractivity contribution in [2.75, 3.05) is 4.90 Å². The van der Waals surface area contributed by atoms with Crippen LogP contribution in [0.5, 0.6) is 0 Å². The van der Waals surface area contributed by atoms with E-state index in [4.69, 9.17) is 0 Å². The molecule has 7 aromatic carbocycles. The van der Waals surface area contributed by atoms with E-state index in [1.165, 1.54) is 58.9 Å². The minimum atomic E-state index is 1.13. The monoisotopic (exact) mass is 553 g/mol. The normalized spacial score (nSPS) is 11.3. The molecule has 0 N–H and O–H groups in total. The largest absolute Gasteiger partial charge is 0.310 e. The summed E-state index contributed by atoms with van der Waals surface area (Å²) in [6.07, 6.45) is 0. The predicted molar refractivity (Wildman–Crippen MR) is 182 cm³/mol. The number of nitrogens with zero attached hydrogens (tertiary/aromatic N) is 1. The van der Waals surface area contributed by atoms with Gasteiger partial charge in [0.15, 0.2) is 0 Å². The summed E-state index contributed by atoms with van der Waals surface area (Å²) in [6, 6.07) is 59.2. The molecule has 0 atom stereocenters. The molecule has 8 aromatic rings. The molecule has 0 fully saturated rings. The molecule has 0 aliphatic carbocycles. The van der Waals surface area contributed by atoms with Crippen molar-refractivity contribution < 1.29 is 0 Å². The minimum Gasteiger partial charge on any atom is -0.310 e. The maximum Gasteiger partial charge on any atom is 0.0547 e. The van der Waals surface area contributed by atoms with E-state index in [1.807, 2.05) is 11.3 Å². The Balaban J connectivity index is 1.41. The van der Waals surface area contributed by atoms with E-state index >= 15 is 0 Å². The van der Waals surface area contributed by atoms with Gasteiger partial charge in [-0.15, -0.1) is 11.3 Å². The van der Waals surface area contributed by atoms with Gasteiger partial charge in [-0.25, -0.2) is 0 Å². The molecule has 8 rings (SSSR count). The van der Waals surface area contributed by atoms with Crippen LogP contribution in [0.3, 0.4) is 0 Å². The highest BCUT2D eigenvalue weighted by Gasteiger charge is 2.22. The van der Waals surface area contributed by atoms with Crippen molar-refractivity contribution in [3.8, 4) is 22.3 Å². The molecule has 198 valence electrons. The summed E-state index contributed by atoms with van der Waals surface area (Å²) in [7, 11) is 0. The van der Waals surface area contributed by atoms with Crippen molar-refractivity contribution in [1.82, 2.24) is 0 Å². The maximum absolute atomic E-state index is 2.41. The molecule has 0 spiro atoms. The SMILES string of the molecule is c1ccc(-c2ccc(N(c3ccccc3)c3ccc4sc5ccccc5c4c3-c3ccc4ccccc4c3)cc2)cc1. The smallest absolute Gasteiger partial charge is 0.0547 e. The molecule has 1 nitrogen and oxygen atoms in total.